The Kier molecular flexibility index (Phi) is 3.95. The maximum absolute atomic E-state index is 12.5. The van der Waals surface area contributed by atoms with Gasteiger partial charge >= 0.3 is 0 Å². The van der Waals surface area contributed by atoms with Crippen LogP contribution in [-0.4, -0.2) is 16.9 Å². The van der Waals surface area contributed by atoms with Crippen molar-refractivity contribution in [3.05, 3.63) is 0 Å². The zero-order valence-electron chi connectivity index (χ0n) is 11.4. The lowest BCUT2D eigenvalue weighted by molar-refractivity contribution is -0.134. The highest BCUT2D eigenvalue weighted by atomic mass is 32.1. The molecule has 2 saturated carbocycles. The second-order valence-electron chi connectivity index (χ2n) is 6.30. The number of rotatable bonds is 3. The van der Waals surface area contributed by atoms with Gasteiger partial charge in [0.2, 0.25) is 5.91 Å². The van der Waals surface area contributed by atoms with E-state index in [2.05, 4.69) is 19.2 Å². The minimum absolute atomic E-state index is 0.0758. The molecular weight excluding hydrogens is 244 g/mol. The highest BCUT2D eigenvalue weighted by Gasteiger charge is 2.51. The van der Waals surface area contributed by atoms with Gasteiger partial charge in [-0.2, -0.15) is 0 Å². The molecule has 3 N–H and O–H groups in total. The van der Waals surface area contributed by atoms with Crippen molar-refractivity contribution in [1.29, 1.82) is 0 Å². The number of nitrogens with one attached hydrogen (secondary N) is 1. The van der Waals surface area contributed by atoms with Crippen LogP contribution in [0, 0.1) is 17.3 Å². The third-order valence-corrected chi connectivity index (χ3v) is 5.12. The average molecular weight is 268 g/mol. The lowest BCUT2D eigenvalue weighted by atomic mass is 9.61. The molecule has 2 aliphatic rings. The lowest BCUT2D eigenvalue weighted by Crippen LogP contribution is -2.58. The van der Waals surface area contributed by atoms with Crippen molar-refractivity contribution in [3.63, 3.8) is 0 Å². The second-order valence-corrected chi connectivity index (χ2v) is 6.74. The van der Waals surface area contributed by atoms with Crippen LogP contribution >= 0.6 is 12.2 Å². The van der Waals surface area contributed by atoms with Gasteiger partial charge in [-0.25, -0.2) is 0 Å². The molecule has 0 aliphatic heterocycles. The van der Waals surface area contributed by atoms with Crippen LogP contribution in [0.4, 0.5) is 0 Å². The SMILES string of the molecule is CC1CC(C(=O)NC2CCCCC2C)(C(N)=S)C1. The number of thiocarbonyl (C=S) groups is 1. The summed E-state index contributed by atoms with van der Waals surface area (Å²) in [5.41, 5.74) is 5.26. The summed E-state index contributed by atoms with van der Waals surface area (Å²) >= 11 is 5.12. The van der Waals surface area contributed by atoms with E-state index >= 15 is 0 Å². The largest absolute Gasteiger partial charge is 0.392 e. The van der Waals surface area contributed by atoms with Crippen LogP contribution in [-0.2, 0) is 4.79 Å². The average Bonchev–Trinajstić information content (AvgIpc) is 2.27. The van der Waals surface area contributed by atoms with Gasteiger partial charge in [-0.05, 0) is 37.5 Å². The summed E-state index contributed by atoms with van der Waals surface area (Å²) in [5, 5.41) is 3.21. The highest BCUT2D eigenvalue weighted by Crippen LogP contribution is 2.46. The molecule has 102 valence electrons. The molecule has 0 heterocycles. The number of amides is 1. The van der Waals surface area contributed by atoms with Crippen LogP contribution in [0.3, 0.4) is 0 Å². The van der Waals surface area contributed by atoms with Crippen molar-refractivity contribution in [3.8, 4) is 0 Å². The molecule has 0 aromatic carbocycles. The summed E-state index contributed by atoms with van der Waals surface area (Å²) in [6.45, 7) is 4.37. The third-order valence-electron chi connectivity index (χ3n) is 4.73. The third kappa shape index (κ3) is 2.40. The lowest BCUT2D eigenvalue weighted by Gasteiger charge is -2.45. The summed E-state index contributed by atoms with van der Waals surface area (Å²) in [6.07, 6.45) is 6.43. The van der Waals surface area contributed by atoms with Crippen molar-refractivity contribution in [2.24, 2.45) is 23.0 Å². The first-order valence-corrected chi connectivity index (χ1v) is 7.47. The molecule has 1 amide bonds. The molecule has 0 aromatic rings. The van der Waals surface area contributed by atoms with Gasteiger partial charge in [-0.3, -0.25) is 4.79 Å². The summed E-state index contributed by atoms with van der Waals surface area (Å²) in [4.78, 5) is 12.8. The molecule has 2 unspecified atom stereocenters. The van der Waals surface area contributed by atoms with E-state index in [0.717, 1.165) is 19.3 Å². The molecule has 18 heavy (non-hydrogen) atoms. The molecule has 0 aromatic heterocycles. The molecule has 4 heteroatoms. The number of carbonyl (C=O) groups excluding carboxylic acids is 1. The Balaban J connectivity index is 2.00. The standard InChI is InChI=1S/C14H24N2OS/c1-9-7-14(8-9,12(15)18)13(17)16-11-6-4-3-5-10(11)2/h9-11H,3-8H2,1-2H3,(H2,15,18)(H,16,17). The summed E-state index contributed by atoms with van der Waals surface area (Å²) in [5.74, 6) is 1.21. The molecule has 2 atom stereocenters. The van der Waals surface area contributed by atoms with Crippen LogP contribution < -0.4 is 11.1 Å². The smallest absolute Gasteiger partial charge is 0.233 e. The van der Waals surface area contributed by atoms with Crippen molar-refractivity contribution in [2.75, 3.05) is 0 Å². The van der Waals surface area contributed by atoms with Crippen molar-refractivity contribution >= 4 is 23.1 Å². The van der Waals surface area contributed by atoms with Gasteiger partial charge < -0.3 is 11.1 Å². The fraction of sp³-hybridized carbons (Fsp3) is 0.857. The highest BCUT2D eigenvalue weighted by molar-refractivity contribution is 7.80. The van der Waals surface area contributed by atoms with Crippen LogP contribution in [0.15, 0.2) is 0 Å². The zero-order valence-corrected chi connectivity index (χ0v) is 12.2. The molecule has 0 bridgehead atoms. The molecule has 2 rings (SSSR count). The topological polar surface area (TPSA) is 55.1 Å². The Labute approximate surface area is 115 Å². The maximum atomic E-state index is 12.5. The van der Waals surface area contributed by atoms with Crippen LogP contribution in [0.25, 0.3) is 0 Å². The van der Waals surface area contributed by atoms with Crippen LogP contribution in [0.2, 0.25) is 0 Å². The van der Waals surface area contributed by atoms with E-state index in [0.29, 0.717) is 22.9 Å². The van der Waals surface area contributed by atoms with Crippen LogP contribution in [0.5, 0.6) is 0 Å². The molecule has 2 aliphatic carbocycles. The predicted molar refractivity (Wildman–Crippen MR) is 77.2 cm³/mol. The monoisotopic (exact) mass is 268 g/mol. The van der Waals surface area contributed by atoms with Crippen molar-refractivity contribution in [1.82, 2.24) is 5.32 Å². The van der Waals surface area contributed by atoms with Crippen molar-refractivity contribution in [2.45, 2.75) is 58.4 Å². The van der Waals surface area contributed by atoms with Gasteiger partial charge in [0.05, 0.1) is 10.4 Å². The van der Waals surface area contributed by atoms with E-state index in [4.69, 9.17) is 18.0 Å². The van der Waals surface area contributed by atoms with E-state index in [1.807, 2.05) is 0 Å². The molecule has 0 spiro atoms. The Bertz CT molecular complexity index is 350. The molecule has 3 nitrogen and oxygen atoms in total. The Morgan fingerprint density at radius 1 is 1.28 bits per heavy atom. The maximum Gasteiger partial charge on any atom is 0.233 e. The van der Waals surface area contributed by atoms with Gasteiger partial charge in [0.1, 0.15) is 0 Å². The summed E-state index contributed by atoms with van der Waals surface area (Å²) in [7, 11) is 0. The Morgan fingerprint density at radius 2 is 1.89 bits per heavy atom. The molecule has 2 fully saturated rings. The summed E-state index contributed by atoms with van der Waals surface area (Å²) < 4.78 is 0. The van der Waals surface area contributed by atoms with E-state index < -0.39 is 5.41 Å². The van der Waals surface area contributed by atoms with Gasteiger partial charge in [0.25, 0.3) is 0 Å². The van der Waals surface area contributed by atoms with Gasteiger partial charge in [0.15, 0.2) is 0 Å². The molecular formula is C14H24N2OS. The first-order valence-electron chi connectivity index (χ1n) is 7.06. The van der Waals surface area contributed by atoms with E-state index in [9.17, 15) is 4.79 Å². The number of hydrogen-bond acceptors (Lipinski definition) is 2. The second kappa shape index (κ2) is 5.16. The number of carbonyl (C=O) groups is 1. The number of hydrogen-bond donors (Lipinski definition) is 2. The number of nitrogens with two attached hydrogens (primary N) is 1. The van der Waals surface area contributed by atoms with Crippen molar-refractivity contribution < 1.29 is 4.79 Å². The molecule has 0 radical (unpaired) electrons. The minimum atomic E-state index is -0.550. The van der Waals surface area contributed by atoms with Gasteiger partial charge in [-0.15, -0.1) is 0 Å². The molecule has 0 saturated heterocycles. The normalized spacial score (nSPS) is 39.8. The fourth-order valence-corrected chi connectivity index (χ4v) is 3.73. The Hall–Kier alpha value is -0.640. The fourth-order valence-electron chi connectivity index (χ4n) is 3.47. The van der Waals surface area contributed by atoms with E-state index in [-0.39, 0.29) is 5.91 Å². The first-order chi connectivity index (χ1) is 8.45. The quantitative estimate of drug-likeness (QED) is 0.773. The van der Waals surface area contributed by atoms with Gasteiger partial charge in [-0.1, -0.05) is 38.9 Å². The first kappa shape index (κ1) is 13.8. The van der Waals surface area contributed by atoms with Crippen LogP contribution in [0.1, 0.15) is 52.4 Å². The summed E-state index contributed by atoms with van der Waals surface area (Å²) in [6, 6.07) is 0.313. The minimum Gasteiger partial charge on any atom is -0.392 e. The predicted octanol–water partition coefficient (Wildman–Crippen LogP) is 2.38. The van der Waals surface area contributed by atoms with Gasteiger partial charge in [0, 0.05) is 6.04 Å². The van der Waals surface area contributed by atoms with E-state index in [1.54, 1.807) is 0 Å². The zero-order chi connectivity index (χ0) is 13.3. The van der Waals surface area contributed by atoms with E-state index in [1.165, 1.54) is 19.3 Å². The Morgan fingerprint density at radius 3 is 2.39 bits per heavy atom.